The Balaban J connectivity index is 2.02. The standard InChI is InChI=1S/C11H9BrN4O/c12-9-3-1-8(2-4-9)7-14-16-11-13-6-5-10(17)15-11/h1-7H,(H2,13,15,16,17)/b14-7+. The van der Waals surface area contributed by atoms with Crippen molar-refractivity contribution in [1.29, 1.82) is 0 Å². The van der Waals surface area contributed by atoms with Gasteiger partial charge in [0.15, 0.2) is 0 Å². The molecule has 0 saturated carbocycles. The molecule has 0 aliphatic carbocycles. The molecule has 5 nitrogen and oxygen atoms in total. The Bertz CT molecular complexity index is 577. The largest absolute Gasteiger partial charge is 0.291 e. The van der Waals surface area contributed by atoms with Crippen LogP contribution in [0.3, 0.4) is 0 Å². The van der Waals surface area contributed by atoms with Gasteiger partial charge in [0.1, 0.15) is 0 Å². The summed E-state index contributed by atoms with van der Waals surface area (Å²) in [4.78, 5) is 17.4. The van der Waals surface area contributed by atoms with Crippen LogP contribution in [0.4, 0.5) is 5.95 Å². The van der Waals surface area contributed by atoms with E-state index in [1.807, 2.05) is 24.3 Å². The van der Waals surface area contributed by atoms with Crippen molar-refractivity contribution in [1.82, 2.24) is 9.97 Å². The Morgan fingerprint density at radius 3 is 2.76 bits per heavy atom. The molecule has 0 amide bonds. The summed E-state index contributed by atoms with van der Waals surface area (Å²) in [7, 11) is 0. The molecule has 0 bridgehead atoms. The van der Waals surface area contributed by atoms with E-state index in [1.54, 1.807) is 6.21 Å². The molecular formula is C11H9BrN4O. The van der Waals surface area contributed by atoms with Crippen LogP contribution in [-0.4, -0.2) is 16.2 Å². The first-order chi connectivity index (χ1) is 8.24. The summed E-state index contributed by atoms with van der Waals surface area (Å²) in [5, 5.41) is 3.96. The van der Waals surface area contributed by atoms with Crippen molar-refractivity contribution >= 4 is 28.1 Å². The molecule has 0 atom stereocenters. The fraction of sp³-hybridized carbons (Fsp3) is 0. The number of hydrogen-bond acceptors (Lipinski definition) is 4. The van der Waals surface area contributed by atoms with Crippen LogP contribution < -0.4 is 11.0 Å². The number of nitrogens with zero attached hydrogens (tertiary/aromatic N) is 2. The Hall–Kier alpha value is -1.95. The van der Waals surface area contributed by atoms with Gasteiger partial charge in [-0.25, -0.2) is 10.4 Å². The number of anilines is 1. The van der Waals surface area contributed by atoms with Gasteiger partial charge < -0.3 is 0 Å². The number of hydrazone groups is 1. The van der Waals surface area contributed by atoms with Crippen LogP contribution in [0, 0.1) is 0 Å². The second-order valence-corrected chi connectivity index (χ2v) is 4.12. The normalized spacial score (nSPS) is 10.6. The van der Waals surface area contributed by atoms with E-state index in [-0.39, 0.29) is 5.56 Å². The van der Waals surface area contributed by atoms with Gasteiger partial charge in [-0.1, -0.05) is 28.1 Å². The zero-order valence-electron chi connectivity index (χ0n) is 8.72. The summed E-state index contributed by atoms with van der Waals surface area (Å²) in [6.45, 7) is 0. The Morgan fingerprint density at radius 2 is 2.06 bits per heavy atom. The maximum absolute atomic E-state index is 11.0. The summed E-state index contributed by atoms with van der Waals surface area (Å²) in [5.41, 5.74) is 3.36. The van der Waals surface area contributed by atoms with Gasteiger partial charge in [-0.3, -0.25) is 9.78 Å². The lowest BCUT2D eigenvalue weighted by Crippen LogP contribution is -2.07. The minimum Gasteiger partial charge on any atom is -0.291 e. The van der Waals surface area contributed by atoms with Crippen LogP contribution >= 0.6 is 15.9 Å². The van der Waals surface area contributed by atoms with Crippen LogP contribution in [0.1, 0.15) is 5.56 Å². The van der Waals surface area contributed by atoms with Crippen LogP contribution in [0.5, 0.6) is 0 Å². The van der Waals surface area contributed by atoms with E-state index in [9.17, 15) is 4.79 Å². The molecule has 2 aromatic rings. The molecule has 6 heteroatoms. The van der Waals surface area contributed by atoms with E-state index in [4.69, 9.17) is 0 Å². The second kappa shape index (κ2) is 5.40. The van der Waals surface area contributed by atoms with Crippen LogP contribution in [0.25, 0.3) is 0 Å². The van der Waals surface area contributed by atoms with Gasteiger partial charge in [0, 0.05) is 16.7 Å². The van der Waals surface area contributed by atoms with Crippen molar-refractivity contribution in [3.63, 3.8) is 0 Å². The molecule has 0 aliphatic rings. The van der Waals surface area contributed by atoms with Gasteiger partial charge in [-0.05, 0) is 17.7 Å². The molecule has 86 valence electrons. The SMILES string of the molecule is O=c1ccnc(N/N=C/c2ccc(Br)cc2)[nH]1. The maximum Gasteiger partial charge on any atom is 0.252 e. The molecule has 0 unspecified atom stereocenters. The molecule has 0 saturated heterocycles. The molecule has 1 aromatic carbocycles. The van der Waals surface area contributed by atoms with Gasteiger partial charge >= 0.3 is 0 Å². The Morgan fingerprint density at radius 1 is 1.29 bits per heavy atom. The lowest BCUT2D eigenvalue weighted by Gasteiger charge is -1.97. The summed E-state index contributed by atoms with van der Waals surface area (Å²) in [6, 6.07) is 9.00. The van der Waals surface area contributed by atoms with Crippen molar-refractivity contribution in [2.75, 3.05) is 5.43 Å². The van der Waals surface area contributed by atoms with Crippen molar-refractivity contribution in [3.8, 4) is 0 Å². The van der Waals surface area contributed by atoms with E-state index in [0.717, 1.165) is 10.0 Å². The molecule has 1 aromatic heterocycles. The number of halogens is 1. The van der Waals surface area contributed by atoms with Gasteiger partial charge in [-0.15, -0.1) is 0 Å². The highest BCUT2D eigenvalue weighted by Gasteiger charge is 1.91. The third-order valence-corrected chi connectivity index (χ3v) is 2.45. The predicted molar refractivity (Wildman–Crippen MR) is 70.2 cm³/mol. The fourth-order valence-electron chi connectivity index (χ4n) is 1.14. The third kappa shape index (κ3) is 3.53. The zero-order chi connectivity index (χ0) is 12.1. The van der Waals surface area contributed by atoms with E-state index < -0.39 is 0 Å². The first-order valence-corrected chi connectivity index (χ1v) is 5.63. The predicted octanol–water partition coefficient (Wildman–Crippen LogP) is 1.98. The molecule has 2 N–H and O–H groups in total. The molecule has 0 spiro atoms. The summed E-state index contributed by atoms with van der Waals surface area (Å²) in [6.07, 6.45) is 3.05. The van der Waals surface area contributed by atoms with Gasteiger partial charge in [0.2, 0.25) is 5.95 Å². The molecule has 1 heterocycles. The quantitative estimate of drug-likeness (QED) is 0.671. The van der Waals surface area contributed by atoms with Crippen LogP contribution in [0.15, 0.2) is 50.9 Å². The summed E-state index contributed by atoms with van der Waals surface area (Å²) >= 11 is 3.35. The first-order valence-electron chi connectivity index (χ1n) is 4.84. The van der Waals surface area contributed by atoms with Gasteiger partial charge in [-0.2, -0.15) is 5.10 Å². The Labute approximate surface area is 106 Å². The van der Waals surface area contributed by atoms with Crippen molar-refractivity contribution in [2.24, 2.45) is 5.10 Å². The molecule has 0 fully saturated rings. The number of H-pyrrole nitrogens is 1. The van der Waals surface area contributed by atoms with E-state index in [2.05, 4.69) is 36.4 Å². The highest BCUT2D eigenvalue weighted by Crippen LogP contribution is 2.08. The average Bonchev–Trinajstić information content (AvgIpc) is 2.32. The minimum atomic E-state index is -0.221. The number of aromatic nitrogens is 2. The fourth-order valence-corrected chi connectivity index (χ4v) is 1.41. The number of benzene rings is 1. The van der Waals surface area contributed by atoms with Crippen molar-refractivity contribution < 1.29 is 0 Å². The highest BCUT2D eigenvalue weighted by atomic mass is 79.9. The minimum absolute atomic E-state index is 0.221. The molecule has 0 aliphatic heterocycles. The topological polar surface area (TPSA) is 70.1 Å². The zero-order valence-corrected chi connectivity index (χ0v) is 10.3. The summed E-state index contributed by atoms with van der Waals surface area (Å²) < 4.78 is 1.01. The molecule has 2 rings (SSSR count). The molecule has 0 radical (unpaired) electrons. The third-order valence-electron chi connectivity index (χ3n) is 1.93. The monoisotopic (exact) mass is 292 g/mol. The smallest absolute Gasteiger partial charge is 0.252 e. The van der Waals surface area contributed by atoms with E-state index >= 15 is 0 Å². The van der Waals surface area contributed by atoms with Gasteiger partial charge in [0.25, 0.3) is 5.56 Å². The number of aromatic amines is 1. The maximum atomic E-state index is 11.0. The van der Waals surface area contributed by atoms with Crippen molar-refractivity contribution in [2.45, 2.75) is 0 Å². The second-order valence-electron chi connectivity index (χ2n) is 3.20. The van der Waals surface area contributed by atoms with E-state index in [0.29, 0.717) is 5.95 Å². The van der Waals surface area contributed by atoms with E-state index in [1.165, 1.54) is 12.3 Å². The number of rotatable bonds is 3. The summed E-state index contributed by atoms with van der Waals surface area (Å²) in [5.74, 6) is 0.311. The first kappa shape index (κ1) is 11.5. The molecular weight excluding hydrogens is 284 g/mol. The van der Waals surface area contributed by atoms with Crippen LogP contribution in [0.2, 0.25) is 0 Å². The van der Waals surface area contributed by atoms with Crippen LogP contribution in [-0.2, 0) is 0 Å². The van der Waals surface area contributed by atoms with Crippen molar-refractivity contribution in [3.05, 3.63) is 56.9 Å². The lowest BCUT2D eigenvalue weighted by molar-refractivity contribution is 1.08. The highest BCUT2D eigenvalue weighted by molar-refractivity contribution is 9.10. The number of nitrogens with one attached hydrogen (secondary N) is 2. The molecule has 17 heavy (non-hydrogen) atoms. The Kier molecular flexibility index (Phi) is 3.66. The lowest BCUT2D eigenvalue weighted by atomic mass is 10.2. The average molecular weight is 293 g/mol. The number of hydrogen-bond donors (Lipinski definition) is 2. The van der Waals surface area contributed by atoms with Gasteiger partial charge in [0.05, 0.1) is 6.21 Å².